The van der Waals surface area contributed by atoms with Gasteiger partial charge in [-0.25, -0.2) is 4.79 Å². The Bertz CT molecular complexity index is 598. The minimum absolute atomic E-state index is 0.392. The van der Waals surface area contributed by atoms with Gasteiger partial charge in [0.15, 0.2) is 5.58 Å². The monoisotopic (exact) mass is 261 g/mol. The number of nitrogens with one attached hydrogen (secondary N) is 3. The van der Waals surface area contributed by atoms with Gasteiger partial charge in [-0.1, -0.05) is 6.07 Å². The molecule has 0 bridgehead atoms. The Morgan fingerprint density at radius 2 is 2.16 bits per heavy atom. The van der Waals surface area contributed by atoms with E-state index in [2.05, 4.69) is 15.6 Å². The molecule has 1 fully saturated rings. The van der Waals surface area contributed by atoms with Crippen LogP contribution in [0, 0.1) is 0 Å². The first-order chi connectivity index (χ1) is 9.31. The molecule has 1 saturated carbocycles. The van der Waals surface area contributed by atoms with Crippen molar-refractivity contribution in [1.82, 2.24) is 15.6 Å². The zero-order valence-electron chi connectivity index (χ0n) is 10.9. The van der Waals surface area contributed by atoms with Crippen molar-refractivity contribution in [3.63, 3.8) is 0 Å². The summed E-state index contributed by atoms with van der Waals surface area (Å²) in [5, 5.41) is 6.87. The summed E-state index contributed by atoms with van der Waals surface area (Å²) in [4.78, 5) is 13.7. The van der Waals surface area contributed by atoms with Gasteiger partial charge in [-0.2, -0.15) is 0 Å². The van der Waals surface area contributed by atoms with Gasteiger partial charge in [-0.3, -0.25) is 4.98 Å². The molecule has 0 radical (unpaired) electrons. The number of fused-ring (bicyclic) bond motifs is 1. The molecule has 1 heterocycles. The molecule has 5 nitrogen and oxygen atoms in total. The summed E-state index contributed by atoms with van der Waals surface area (Å²) in [6, 6.07) is 6.63. The first kappa shape index (κ1) is 12.4. The first-order valence-corrected chi connectivity index (χ1v) is 6.87. The van der Waals surface area contributed by atoms with E-state index in [4.69, 9.17) is 4.42 Å². The van der Waals surface area contributed by atoms with Crippen LogP contribution in [-0.4, -0.2) is 30.7 Å². The Morgan fingerprint density at radius 3 is 3.00 bits per heavy atom. The molecule has 0 atom stereocenters. The van der Waals surface area contributed by atoms with Gasteiger partial charge in [0, 0.05) is 19.1 Å². The molecular weight excluding hydrogens is 242 g/mol. The van der Waals surface area contributed by atoms with E-state index in [1.807, 2.05) is 18.2 Å². The van der Waals surface area contributed by atoms with Crippen molar-refractivity contribution in [3.05, 3.63) is 34.3 Å². The van der Waals surface area contributed by atoms with Crippen LogP contribution in [0.15, 0.2) is 27.4 Å². The lowest BCUT2D eigenvalue weighted by molar-refractivity contribution is 0.555. The van der Waals surface area contributed by atoms with Crippen molar-refractivity contribution >= 4 is 11.1 Å². The lowest BCUT2D eigenvalue weighted by Gasteiger charge is -2.05. The van der Waals surface area contributed by atoms with E-state index in [-0.39, 0.29) is 0 Å². The first-order valence-electron chi connectivity index (χ1n) is 6.87. The Morgan fingerprint density at radius 1 is 1.26 bits per heavy atom. The lowest BCUT2D eigenvalue weighted by Crippen LogP contribution is -2.29. The molecule has 0 aliphatic heterocycles. The highest BCUT2D eigenvalue weighted by Gasteiger charge is 2.19. The van der Waals surface area contributed by atoms with Gasteiger partial charge < -0.3 is 15.1 Å². The fraction of sp³-hybridized carbons (Fsp3) is 0.500. The lowest BCUT2D eigenvalue weighted by atomic mass is 10.1. The summed E-state index contributed by atoms with van der Waals surface area (Å²) in [6.07, 6.45) is 3.61. The number of aromatic amines is 1. The summed E-state index contributed by atoms with van der Waals surface area (Å²) in [5.74, 6) is -0.392. The summed E-state index contributed by atoms with van der Waals surface area (Å²) in [6.45, 7) is 2.97. The van der Waals surface area contributed by atoms with Crippen LogP contribution in [0.1, 0.15) is 18.4 Å². The van der Waals surface area contributed by atoms with Gasteiger partial charge in [0.2, 0.25) is 0 Å². The average Bonchev–Trinajstić information content (AvgIpc) is 3.14. The molecule has 1 aromatic heterocycles. The maximum atomic E-state index is 11.1. The zero-order chi connectivity index (χ0) is 13.1. The predicted octanol–water partition coefficient (Wildman–Crippen LogP) is 1.01. The molecule has 19 heavy (non-hydrogen) atoms. The molecule has 0 saturated heterocycles. The highest BCUT2D eigenvalue weighted by molar-refractivity contribution is 5.72. The Balaban J connectivity index is 1.43. The van der Waals surface area contributed by atoms with Gasteiger partial charge in [0.1, 0.15) is 0 Å². The topological polar surface area (TPSA) is 70.1 Å². The Hall–Kier alpha value is -1.59. The summed E-state index contributed by atoms with van der Waals surface area (Å²) in [5.41, 5.74) is 2.58. The van der Waals surface area contributed by atoms with Crippen molar-refractivity contribution in [2.24, 2.45) is 0 Å². The average molecular weight is 261 g/mol. The van der Waals surface area contributed by atoms with E-state index in [0.29, 0.717) is 5.58 Å². The minimum atomic E-state index is -0.392. The largest absolute Gasteiger partial charge is 0.417 e. The quantitative estimate of drug-likeness (QED) is 0.650. The fourth-order valence-corrected chi connectivity index (χ4v) is 2.16. The van der Waals surface area contributed by atoms with Crippen molar-refractivity contribution in [1.29, 1.82) is 0 Å². The van der Waals surface area contributed by atoms with Crippen LogP contribution in [0.3, 0.4) is 0 Å². The number of oxazole rings is 1. The molecule has 0 amide bonds. The third-order valence-corrected chi connectivity index (χ3v) is 3.39. The van der Waals surface area contributed by atoms with Crippen molar-refractivity contribution in [2.75, 3.05) is 19.6 Å². The van der Waals surface area contributed by atoms with Crippen molar-refractivity contribution in [3.8, 4) is 0 Å². The standard InChI is InChI=1S/C14H19N3O2/c18-14-17-12-4-1-10(9-13(12)19-14)5-6-15-7-8-16-11-2-3-11/h1,4,9,11,15-16H,2-3,5-8H2,(H,17,18). The van der Waals surface area contributed by atoms with E-state index in [1.165, 1.54) is 18.4 Å². The minimum Gasteiger partial charge on any atom is -0.408 e. The maximum Gasteiger partial charge on any atom is 0.417 e. The van der Waals surface area contributed by atoms with Crippen LogP contribution < -0.4 is 16.4 Å². The molecule has 3 N–H and O–H groups in total. The molecular formula is C14H19N3O2. The van der Waals surface area contributed by atoms with Crippen molar-refractivity contribution < 1.29 is 4.42 Å². The molecule has 0 spiro atoms. The number of rotatable bonds is 7. The molecule has 1 aliphatic rings. The Labute approximate surface area is 111 Å². The second kappa shape index (κ2) is 5.59. The molecule has 1 aliphatic carbocycles. The number of hydrogen-bond donors (Lipinski definition) is 3. The Kier molecular flexibility index (Phi) is 3.66. The molecule has 3 rings (SSSR count). The van der Waals surface area contributed by atoms with E-state index < -0.39 is 5.76 Å². The maximum absolute atomic E-state index is 11.1. The molecule has 102 valence electrons. The molecule has 2 aromatic rings. The predicted molar refractivity (Wildman–Crippen MR) is 74.4 cm³/mol. The van der Waals surface area contributed by atoms with Crippen LogP contribution in [0.5, 0.6) is 0 Å². The van der Waals surface area contributed by atoms with Gasteiger partial charge in [-0.15, -0.1) is 0 Å². The highest BCUT2D eigenvalue weighted by Crippen LogP contribution is 2.17. The number of benzene rings is 1. The van der Waals surface area contributed by atoms with Gasteiger partial charge >= 0.3 is 5.76 Å². The summed E-state index contributed by atoms with van der Waals surface area (Å²) >= 11 is 0. The summed E-state index contributed by atoms with van der Waals surface area (Å²) < 4.78 is 5.05. The number of aromatic nitrogens is 1. The van der Waals surface area contributed by atoms with Gasteiger partial charge in [0.05, 0.1) is 5.52 Å². The second-order valence-electron chi connectivity index (χ2n) is 5.07. The second-order valence-corrected chi connectivity index (χ2v) is 5.07. The summed E-state index contributed by atoms with van der Waals surface area (Å²) in [7, 11) is 0. The van der Waals surface area contributed by atoms with Gasteiger partial charge in [-0.05, 0) is 43.5 Å². The number of hydrogen-bond acceptors (Lipinski definition) is 4. The van der Waals surface area contributed by atoms with Crippen LogP contribution in [0.25, 0.3) is 11.1 Å². The smallest absolute Gasteiger partial charge is 0.408 e. The molecule has 1 aromatic carbocycles. The fourth-order valence-electron chi connectivity index (χ4n) is 2.16. The van der Waals surface area contributed by atoms with E-state index in [0.717, 1.165) is 37.6 Å². The number of H-pyrrole nitrogens is 1. The SMILES string of the molecule is O=c1[nH]c2ccc(CCNCCNC3CC3)cc2o1. The van der Waals surface area contributed by atoms with Gasteiger partial charge in [0.25, 0.3) is 0 Å². The van der Waals surface area contributed by atoms with Crippen LogP contribution in [-0.2, 0) is 6.42 Å². The van der Waals surface area contributed by atoms with Crippen LogP contribution >= 0.6 is 0 Å². The third kappa shape index (κ3) is 3.45. The van der Waals surface area contributed by atoms with Crippen molar-refractivity contribution in [2.45, 2.75) is 25.3 Å². The zero-order valence-corrected chi connectivity index (χ0v) is 10.9. The van der Waals surface area contributed by atoms with E-state index in [9.17, 15) is 4.79 Å². The normalized spacial score (nSPS) is 15.2. The third-order valence-electron chi connectivity index (χ3n) is 3.39. The molecule has 5 heteroatoms. The van der Waals surface area contributed by atoms with Crippen LogP contribution in [0.4, 0.5) is 0 Å². The highest BCUT2D eigenvalue weighted by atomic mass is 16.4. The van der Waals surface area contributed by atoms with E-state index in [1.54, 1.807) is 0 Å². The molecule has 0 unspecified atom stereocenters. The van der Waals surface area contributed by atoms with Crippen LogP contribution in [0.2, 0.25) is 0 Å². The van der Waals surface area contributed by atoms with E-state index >= 15 is 0 Å².